The molecule has 0 saturated heterocycles. The summed E-state index contributed by atoms with van der Waals surface area (Å²) in [6.45, 7) is 5.04. The van der Waals surface area contributed by atoms with Gasteiger partial charge in [0, 0.05) is 24.9 Å². The summed E-state index contributed by atoms with van der Waals surface area (Å²) in [5, 5.41) is 3.21. The first-order chi connectivity index (χ1) is 10.0. The van der Waals surface area contributed by atoms with Crippen LogP contribution in [0.2, 0.25) is 0 Å². The number of nitrogens with one attached hydrogen (secondary N) is 1. The predicted molar refractivity (Wildman–Crippen MR) is 83.7 cm³/mol. The van der Waals surface area contributed by atoms with Crippen LogP contribution in [-0.4, -0.2) is 28.0 Å². The fourth-order valence-corrected chi connectivity index (χ4v) is 3.18. The Morgan fingerprint density at radius 3 is 2.90 bits per heavy atom. The molecule has 1 aliphatic rings. The Morgan fingerprint density at radius 1 is 1.43 bits per heavy atom. The monoisotopic (exact) mass is 292 g/mol. The van der Waals surface area contributed by atoms with Crippen LogP contribution in [0.1, 0.15) is 58.4 Å². The lowest BCUT2D eigenvalue weighted by molar-refractivity contribution is -0.122. The number of carbonyl (C=O) groups is 1. The van der Waals surface area contributed by atoms with Crippen LogP contribution in [-0.2, 0) is 4.79 Å². The lowest BCUT2D eigenvalue weighted by atomic mass is 9.84. The Hall–Kier alpha value is -1.36. The summed E-state index contributed by atoms with van der Waals surface area (Å²) in [4.78, 5) is 16.3. The highest BCUT2D eigenvalue weighted by molar-refractivity contribution is 5.76. The highest BCUT2D eigenvalue weighted by atomic mass is 16.1. The van der Waals surface area contributed by atoms with Gasteiger partial charge in [0.1, 0.15) is 0 Å². The molecule has 0 aliphatic heterocycles. The molecule has 118 valence electrons. The summed E-state index contributed by atoms with van der Waals surface area (Å²) in [6.07, 6.45) is 11.4. The van der Waals surface area contributed by atoms with Gasteiger partial charge >= 0.3 is 0 Å². The van der Waals surface area contributed by atoms with E-state index >= 15 is 0 Å². The Balaban J connectivity index is 1.82. The molecule has 1 aromatic heterocycles. The first-order valence-electron chi connectivity index (χ1n) is 7.99. The van der Waals surface area contributed by atoms with Crippen LogP contribution < -0.4 is 11.1 Å². The van der Waals surface area contributed by atoms with Crippen molar-refractivity contribution in [3.05, 3.63) is 18.7 Å². The summed E-state index contributed by atoms with van der Waals surface area (Å²) < 4.78 is 2.12. The summed E-state index contributed by atoms with van der Waals surface area (Å²) in [7, 11) is 0. The number of nitrogens with zero attached hydrogens (tertiary/aromatic N) is 2. The van der Waals surface area contributed by atoms with Crippen molar-refractivity contribution in [1.82, 2.24) is 14.9 Å². The van der Waals surface area contributed by atoms with E-state index in [9.17, 15) is 4.79 Å². The highest BCUT2D eigenvalue weighted by Gasteiger charge is 2.29. The van der Waals surface area contributed by atoms with E-state index in [2.05, 4.69) is 28.7 Å². The van der Waals surface area contributed by atoms with Crippen molar-refractivity contribution in [2.45, 2.75) is 64.5 Å². The first kappa shape index (κ1) is 16.0. The van der Waals surface area contributed by atoms with Crippen LogP contribution in [0.5, 0.6) is 0 Å². The summed E-state index contributed by atoms with van der Waals surface area (Å²) in [5.41, 5.74) is 5.76. The second kappa shape index (κ2) is 7.07. The Bertz CT molecular complexity index is 441. The zero-order chi connectivity index (χ0) is 15.3. The molecule has 5 heteroatoms. The van der Waals surface area contributed by atoms with Gasteiger partial charge in [-0.25, -0.2) is 4.98 Å². The van der Waals surface area contributed by atoms with E-state index in [1.54, 1.807) is 6.20 Å². The maximum Gasteiger partial charge on any atom is 0.220 e. The van der Waals surface area contributed by atoms with Crippen LogP contribution >= 0.6 is 0 Å². The zero-order valence-electron chi connectivity index (χ0n) is 13.2. The lowest BCUT2D eigenvalue weighted by Crippen LogP contribution is -2.38. The number of aromatic nitrogens is 2. The van der Waals surface area contributed by atoms with Crippen LogP contribution in [0.4, 0.5) is 0 Å². The van der Waals surface area contributed by atoms with Crippen molar-refractivity contribution in [2.24, 2.45) is 11.1 Å². The normalized spacial score (nSPS) is 22.4. The van der Waals surface area contributed by atoms with E-state index in [-0.39, 0.29) is 17.4 Å². The molecular weight excluding hydrogens is 264 g/mol. The van der Waals surface area contributed by atoms with Crippen molar-refractivity contribution < 1.29 is 4.79 Å². The number of amides is 1. The van der Waals surface area contributed by atoms with Gasteiger partial charge < -0.3 is 15.6 Å². The maximum atomic E-state index is 12.2. The average molecular weight is 292 g/mol. The molecule has 1 heterocycles. The van der Waals surface area contributed by atoms with E-state index in [1.165, 1.54) is 0 Å². The Morgan fingerprint density at radius 2 is 2.24 bits per heavy atom. The molecule has 1 saturated carbocycles. The van der Waals surface area contributed by atoms with Crippen LogP contribution in [0, 0.1) is 5.41 Å². The molecule has 2 unspecified atom stereocenters. The number of nitrogens with two attached hydrogens (primary N) is 1. The molecular formula is C16H28N4O. The van der Waals surface area contributed by atoms with Crippen molar-refractivity contribution >= 4 is 5.91 Å². The van der Waals surface area contributed by atoms with Gasteiger partial charge in [-0.1, -0.05) is 13.8 Å². The number of hydrogen-bond donors (Lipinski definition) is 2. The average Bonchev–Trinajstić information content (AvgIpc) is 3.06. The van der Waals surface area contributed by atoms with Gasteiger partial charge in [0.2, 0.25) is 5.91 Å². The van der Waals surface area contributed by atoms with Crippen molar-refractivity contribution in [2.75, 3.05) is 6.54 Å². The quantitative estimate of drug-likeness (QED) is 0.809. The molecule has 0 aromatic carbocycles. The van der Waals surface area contributed by atoms with Gasteiger partial charge in [-0.2, -0.15) is 0 Å². The standard InChI is InChI=1S/C16H28N4O/c1-16(2,8-9-17)7-6-15(21)19-13-4-3-5-14(13)20-11-10-18-12-20/h10-14H,3-9,17H2,1-2H3,(H,19,21). The molecule has 1 aliphatic carbocycles. The van der Waals surface area contributed by atoms with E-state index in [1.807, 2.05) is 12.5 Å². The summed E-state index contributed by atoms with van der Waals surface area (Å²) >= 11 is 0. The third-order valence-corrected chi connectivity index (χ3v) is 4.58. The molecule has 1 fully saturated rings. The number of rotatable bonds is 7. The topological polar surface area (TPSA) is 72.9 Å². The molecule has 2 rings (SSSR count). The predicted octanol–water partition coefficient (Wildman–Crippen LogP) is 2.25. The molecule has 0 spiro atoms. The van der Waals surface area contributed by atoms with Crippen molar-refractivity contribution in [1.29, 1.82) is 0 Å². The van der Waals surface area contributed by atoms with E-state index in [0.29, 0.717) is 19.0 Å². The third-order valence-electron chi connectivity index (χ3n) is 4.58. The minimum absolute atomic E-state index is 0.144. The number of carbonyl (C=O) groups excluding carboxylic acids is 1. The number of hydrogen-bond acceptors (Lipinski definition) is 3. The number of imidazole rings is 1. The van der Waals surface area contributed by atoms with Gasteiger partial charge in [0.05, 0.1) is 12.4 Å². The minimum Gasteiger partial charge on any atom is -0.351 e. The minimum atomic E-state index is 0.144. The lowest BCUT2D eigenvalue weighted by Gasteiger charge is -2.25. The molecule has 1 aromatic rings. The van der Waals surface area contributed by atoms with Crippen molar-refractivity contribution in [3.63, 3.8) is 0 Å². The SMILES string of the molecule is CC(C)(CCN)CCC(=O)NC1CCCC1n1ccnc1. The van der Waals surface area contributed by atoms with Gasteiger partial charge in [-0.15, -0.1) is 0 Å². The maximum absolute atomic E-state index is 12.2. The fourth-order valence-electron chi connectivity index (χ4n) is 3.18. The fraction of sp³-hybridized carbons (Fsp3) is 0.750. The Kier molecular flexibility index (Phi) is 5.39. The second-order valence-electron chi connectivity index (χ2n) is 6.89. The van der Waals surface area contributed by atoms with Gasteiger partial charge in [0.15, 0.2) is 0 Å². The first-order valence-corrected chi connectivity index (χ1v) is 7.99. The van der Waals surface area contributed by atoms with Crippen LogP contribution in [0.15, 0.2) is 18.7 Å². The van der Waals surface area contributed by atoms with Crippen LogP contribution in [0.25, 0.3) is 0 Å². The molecule has 3 N–H and O–H groups in total. The zero-order valence-corrected chi connectivity index (χ0v) is 13.2. The van der Waals surface area contributed by atoms with Gasteiger partial charge in [-0.3, -0.25) is 4.79 Å². The molecule has 0 bridgehead atoms. The van der Waals surface area contributed by atoms with Gasteiger partial charge in [0.25, 0.3) is 0 Å². The van der Waals surface area contributed by atoms with Crippen molar-refractivity contribution in [3.8, 4) is 0 Å². The second-order valence-corrected chi connectivity index (χ2v) is 6.89. The highest BCUT2D eigenvalue weighted by Crippen LogP contribution is 2.30. The van der Waals surface area contributed by atoms with E-state index < -0.39 is 0 Å². The summed E-state index contributed by atoms with van der Waals surface area (Å²) in [5.74, 6) is 0.164. The largest absolute Gasteiger partial charge is 0.351 e. The molecule has 5 nitrogen and oxygen atoms in total. The Labute approximate surface area is 127 Å². The van der Waals surface area contributed by atoms with Crippen LogP contribution in [0.3, 0.4) is 0 Å². The van der Waals surface area contributed by atoms with E-state index in [0.717, 1.165) is 32.1 Å². The molecule has 1 amide bonds. The summed E-state index contributed by atoms with van der Waals surface area (Å²) in [6, 6.07) is 0.595. The smallest absolute Gasteiger partial charge is 0.220 e. The van der Waals surface area contributed by atoms with E-state index in [4.69, 9.17) is 5.73 Å². The molecule has 2 atom stereocenters. The molecule has 0 radical (unpaired) electrons. The van der Waals surface area contributed by atoms with Gasteiger partial charge in [-0.05, 0) is 44.1 Å². The molecule has 21 heavy (non-hydrogen) atoms. The third kappa shape index (κ3) is 4.56.